The Hall–Kier alpha value is -0.960. The number of hydrogen-bond donors (Lipinski definition) is 0. The Labute approximate surface area is 71.3 Å². The Kier molecular flexibility index (Phi) is 2.54. The lowest BCUT2D eigenvalue weighted by molar-refractivity contribution is 0.101. The number of carbonyl (C=O) groups is 1. The molecule has 0 aliphatic carbocycles. The van der Waals surface area contributed by atoms with Gasteiger partial charge in [0.15, 0.2) is 0 Å². The molecule has 56 valence electrons. The molecule has 0 aliphatic rings. The Morgan fingerprint density at radius 1 is 1.73 bits per heavy atom. The van der Waals surface area contributed by atoms with Crippen molar-refractivity contribution in [3.63, 3.8) is 0 Å². The standard InChI is InChI=1S/C6H2ClNO2S/c7-4-1-2-11-5(4)6(10)8-3-9/h1-2H. The number of hydrogen-bond acceptors (Lipinski definition) is 3. The molecule has 0 saturated heterocycles. The van der Waals surface area contributed by atoms with Gasteiger partial charge < -0.3 is 0 Å². The van der Waals surface area contributed by atoms with E-state index in [0.29, 0.717) is 5.02 Å². The van der Waals surface area contributed by atoms with E-state index in [1.807, 2.05) is 0 Å². The highest BCUT2D eigenvalue weighted by molar-refractivity contribution is 7.12. The van der Waals surface area contributed by atoms with E-state index in [9.17, 15) is 9.59 Å². The van der Waals surface area contributed by atoms with Gasteiger partial charge in [0, 0.05) is 0 Å². The maximum Gasteiger partial charge on any atom is 0.299 e. The van der Waals surface area contributed by atoms with Crippen LogP contribution in [0.1, 0.15) is 9.67 Å². The van der Waals surface area contributed by atoms with Crippen LogP contribution in [-0.2, 0) is 4.79 Å². The average molecular weight is 188 g/mol. The van der Waals surface area contributed by atoms with Crippen LogP contribution in [0.2, 0.25) is 5.02 Å². The highest BCUT2D eigenvalue weighted by atomic mass is 35.5. The first-order chi connectivity index (χ1) is 5.25. The summed E-state index contributed by atoms with van der Waals surface area (Å²) in [5.74, 6) is -0.639. The fourth-order valence-corrected chi connectivity index (χ4v) is 1.56. The van der Waals surface area contributed by atoms with Crippen molar-refractivity contribution in [3.8, 4) is 0 Å². The minimum atomic E-state index is -0.639. The summed E-state index contributed by atoms with van der Waals surface area (Å²) in [7, 11) is 0. The number of rotatable bonds is 1. The molecule has 1 amide bonds. The Morgan fingerprint density at radius 2 is 2.45 bits per heavy atom. The maximum absolute atomic E-state index is 10.8. The number of isocyanates is 1. The van der Waals surface area contributed by atoms with Crippen LogP contribution in [0.3, 0.4) is 0 Å². The molecular weight excluding hydrogens is 186 g/mol. The minimum Gasteiger partial charge on any atom is -0.265 e. The van der Waals surface area contributed by atoms with Gasteiger partial charge in [-0.25, -0.2) is 4.79 Å². The fourth-order valence-electron chi connectivity index (χ4n) is 0.539. The molecule has 0 fully saturated rings. The summed E-state index contributed by atoms with van der Waals surface area (Å²) < 4.78 is 0. The molecule has 0 aliphatic heterocycles. The molecule has 0 N–H and O–H groups in total. The zero-order valence-electron chi connectivity index (χ0n) is 5.20. The third-order valence-corrected chi connectivity index (χ3v) is 2.29. The van der Waals surface area contributed by atoms with Crippen LogP contribution in [0.5, 0.6) is 0 Å². The van der Waals surface area contributed by atoms with Gasteiger partial charge in [-0.2, -0.15) is 0 Å². The molecule has 0 bridgehead atoms. The Balaban J connectivity index is 3.02. The topological polar surface area (TPSA) is 46.5 Å². The van der Waals surface area contributed by atoms with Crippen molar-refractivity contribution in [2.24, 2.45) is 4.99 Å². The normalized spacial score (nSPS) is 8.82. The van der Waals surface area contributed by atoms with Crippen molar-refractivity contribution in [2.45, 2.75) is 0 Å². The Bertz CT molecular complexity index is 327. The van der Waals surface area contributed by atoms with E-state index in [0.717, 1.165) is 17.4 Å². The van der Waals surface area contributed by atoms with E-state index >= 15 is 0 Å². The molecule has 0 unspecified atom stereocenters. The van der Waals surface area contributed by atoms with E-state index < -0.39 is 5.91 Å². The quantitative estimate of drug-likeness (QED) is 0.498. The summed E-state index contributed by atoms with van der Waals surface area (Å²) in [6.45, 7) is 0. The van der Waals surface area contributed by atoms with Crippen molar-refractivity contribution >= 4 is 34.9 Å². The molecule has 0 saturated carbocycles. The minimum absolute atomic E-state index is 0.273. The lowest BCUT2D eigenvalue weighted by Crippen LogP contribution is -1.89. The van der Waals surface area contributed by atoms with Crippen molar-refractivity contribution < 1.29 is 9.59 Å². The van der Waals surface area contributed by atoms with Crippen LogP contribution < -0.4 is 0 Å². The van der Waals surface area contributed by atoms with Crippen LogP contribution in [-0.4, -0.2) is 12.0 Å². The zero-order valence-corrected chi connectivity index (χ0v) is 6.78. The van der Waals surface area contributed by atoms with Crippen LogP contribution in [0.25, 0.3) is 0 Å². The highest BCUT2D eigenvalue weighted by Crippen LogP contribution is 2.22. The first-order valence-corrected chi connectivity index (χ1v) is 3.86. The van der Waals surface area contributed by atoms with Crippen LogP contribution >= 0.6 is 22.9 Å². The number of aliphatic imine (C=N–C) groups is 1. The van der Waals surface area contributed by atoms with Crippen LogP contribution in [0, 0.1) is 0 Å². The van der Waals surface area contributed by atoms with E-state index in [1.54, 1.807) is 11.4 Å². The summed E-state index contributed by atoms with van der Waals surface area (Å²) in [5, 5.41) is 1.97. The molecule has 0 radical (unpaired) electrons. The second kappa shape index (κ2) is 3.44. The number of halogens is 1. The number of nitrogens with zero attached hydrogens (tertiary/aromatic N) is 1. The summed E-state index contributed by atoms with van der Waals surface area (Å²) in [4.78, 5) is 23.7. The summed E-state index contributed by atoms with van der Waals surface area (Å²) in [5.41, 5.74) is 0. The monoisotopic (exact) mass is 187 g/mol. The van der Waals surface area contributed by atoms with Gasteiger partial charge in [-0.1, -0.05) is 11.6 Å². The fraction of sp³-hybridized carbons (Fsp3) is 0. The van der Waals surface area contributed by atoms with Gasteiger partial charge in [-0.3, -0.25) is 4.79 Å². The van der Waals surface area contributed by atoms with E-state index in [-0.39, 0.29) is 4.88 Å². The molecule has 0 spiro atoms. The predicted octanol–water partition coefficient (Wildman–Crippen LogP) is 1.88. The molecule has 3 nitrogen and oxygen atoms in total. The largest absolute Gasteiger partial charge is 0.299 e. The van der Waals surface area contributed by atoms with Gasteiger partial charge in [-0.15, -0.1) is 16.3 Å². The van der Waals surface area contributed by atoms with Gasteiger partial charge in [0.05, 0.1) is 5.02 Å². The molecule has 1 aromatic rings. The van der Waals surface area contributed by atoms with Gasteiger partial charge in [-0.05, 0) is 11.4 Å². The first-order valence-electron chi connectivity index (χ1n) is 2.61. The molecule has 1 aromatic heterocycles. The predicted molar refractivity (Wildman–Crippen MR) is 41.8 cm³/mol. The SMILES string of the molecule is O=C=NC(=O)c1sccc1Cl. The maximum atomic E-state index is 10.8. The molecule has 0 atom stereocenters. The first kappa shape index (κ1) is 8.14. The van der Waals surface area contributed by atoms with Crippen molar-refractivity contribution in [3.05, 3.63) is 21.3 Å². The number of amides is 1. The Morgan fingerprint density at radius 3 is 2.91 bits per heavy atom. The van der Waals surface area contributed by atoms with Crippen LogP contribution in [0.4, 0.5) is 0 Å². The van der Waals surface area contributed by atoms with Crippen molar-refractivity contribution in [1.82, 2.24) is 0 Å². The second-order valence-electron chi connectivity index (χ2n) is 1.61. The van der Waals surface area contributed by atoms with Gasteiger partial charge >= 0.3 is 0 Å². The van der Waals surface area contributed by atoms with Crippen molar-refractivity contribution in [2.75, 3.05) is 0 Å². The summed E-state index contributed by atoms with van der Waals surface area (Å²) >= 11 is 6.71. The molecule has 5 heteroatoms. The third-order valence-electron chi connectivity index (χ3n) is 0.959. The third kappa shape index (κ3) is 1.74. The van der Waals surface area contributed by atoms with E-state index in [1.165, 1.54) is 0 Å². The average Bonchev–Trinajstić information content (AvgIpc) is 2.36. The molecule has 11 heavy (non-hydrogen) atoms. The molecular formula is C6H2ClNO2S. The molecule has 0 aromatic carbocycles. The lowest BCUT2D eigenvalue weighted by atomic mass is 10.4. The van der Waals surface area contributed by atoms with Gasteiger partial charge in [0.25, 0.3) is 5.91 Å². The molecule has 1 rings (SSSR count). The summed E-state index contributed by atoms with van der Waals surface area (Å²) in [6, 6.07) is 1.57. The molecule has 1 heterocycles. The van der Waals surface area contributed by atoms with Crippen LogP contribution in [0.15, 0.2) is 16.4 Å². The lowest BCUT2D eigenvalue weighted by Gasteiger charge is -1.85. The van der Waals surface area contributed by atoms with E-state index in [2.05, 4.69) is 4.99 Å². The smallest absolute Gasteiger partial charge is 0.265 e. The summed E-state index contributed by atoms with van der Waals surface area (Å²) in [6.07, 6.45) is 1.16. The van der Waals surface area contributed by atoms with Gasteiger partial charge in [0.1, 0.15) is 4.88 Å². The van der Waals surface area contributed by atoms with Crippen molar-refractivity contribution in [1.29, 1.82) is 0 Å². The van der Waals surface area contributed by atoms with Gasteiger partial charge in [0.2, 0.25) is 6.08 Å². The van der Waals surface area contributed by atoms with E-state index in [4.69, 9.17) is 11.6 Å². The second-order valence-corrected chi connectivity index (χ2v) is 2.93. The number of carbonyl (C=O) groups excluding carboxylic acids is 2. The zero-order chi connectivity index (χ0) is 8.27. The highest BCUT2D eigenvalue weighted by Gasteiger charge is 2.09. The number of thiophene rings is 1.